The van der Waals surface area contributed by atoms with Gasteiger partial charge in [-0.15, -0.1) is 0 Å². The summed E-state index contributed by atoms with van der Waals surface area (Å²) in [6.45, 7) is 3.61. The van der Waals surface area contributed by atoms with Gasteiger partial charge in [0.15, 0.2) is 11.5 Å². The third-order valence-corrected chi connectivity index (χ3v) is 3.00. The molecular formula is C13H15NO5. The van der Waals surface area contributed by atoms with Crippen LogP contribution in [-0.2, 0) is 9.59 Å². The zero-order valence-corrected chi connectivity index (χ0v) is 10.7. The number of aryl methyl sites for hydroxylation is 1. The van der Waals surface area contributed by atoms with Gasteiger partial charge in [-0.05, 0) is 25.0 Å². The lowest BCUT2D eigenvalue weighted by atomic mass is 10.1. The molecule has 0 spiro atoms. The summed E-state index contributed by atoms with van der Waals surface area (Å²) in [7, 11) is 0. The van der Waals surface area contributed by atoms with Crippen molar-refractivity contribution in [3.63, 3.8) is 0 Å². The molecule has 0 fully saturated rings. The third kappa shape index (κ3) is 2.62. The van der Waals surface area contributed by atoms with Crippen molar-refractivity contribution >= 4 is 17.6 Å². The van der Waals surface area contributed by atoms with E-state index in [1.54, 1.807) is 26.0 Å². The maximum atomic E-state index is 11.9. The molecule has 0 bridgehead atoms. The van der Waals surface area contributed by atoms with Crippen molar-refractivity contribution in [2.45, 2.75) is 20.3 Å². The van der Waals surface area contributed by atoms with E-state index in [2.05, 4.69) is 5.32 Å². The molecule has 2 N–H and O–H groups in total. The molecule has 0 saturated heterocycles. The van der Waals surface area contributed by atoms with Gasteiger partial charge in [0.25, 0.3) is 0 Å². The fraction of sp³-hybridized carbons (Fsp3) is 0.385. The molecule has 102 valence electrons. The molecule has 2 rings (SSSR count). The highest BCUT2D eigenvalue weighted by atomic mass is 16.7. The first-order valence-corrected chi connectivity index (χ1v) is 5.96. The summed E-state index contributed by atoms with van der Waals surface area (Å²) < 4.78 is 10.4. The Bertz CT molecular complexity index is 526. The SMILES string of the molecule is CCC(C(=O)O)C(=O)Nc1cc2c(cc1C)OCO2. The first kappa shape index (κ1) is 13.2. The number of aliphatic carboxylic acids is 1. The number of anilines is 1. The fourth-order valence-electron chi connectivity index (χ4n) is 1.87. The van der Waals surface area contributed by atoms with Crippen LogP contribution in [0.25, 0.3) is 0 Å². The Kier molecular flexibility index (Phi) is 3.59. The van der Waals surface area contributed by atoms with Gasteiger partial charge in [-0.3, -0.25) is 9.59 Å². The number of carboxylic acids is 1. The predicted octanol–water partition coefficient (Wildman–Crippen LogP) is 1.77. The molecule has 1 atom stereocenters. The molecule has 1 heterocycles. The Morgan fingerprint density at radius 1 is 1.37 bits per heavy atom. The molecule has 1 aromatic rings. The van der Waals surface area contributed by atoms with E-state index in [1.807, 2.05) is 0 Å². The number of benzene rings is 1. The van der Waals surface area contributed by atoms with E-state index < -0.39 is 17.8 Å². The van der Waals surface area contributed by atoms with Crippen LogP contribution in [0.5, 0.6) is 11.5 Å². The molecule has 0 aliphatic carbocycles. The van der Waals surface area contributed by atoms with E-state index in [4.69, 9.17) is 14.6 Å². The molecule has 1 unspecified atom stereocenters. The highest BCUT2D eigenvalue weighted by molar-refractivity contribution is 6.04. The second kappa shape index (κ2) is 5.17. The van der Waals surface area contributed by atoms with Crippen LogP contribution < -0.4 is 14.8 Å². The summed E-state index contributed by atoms with van der Waals surface area (Å²) >= 11 is 0. The number of hydrogen-bond donors (Lipinski definition) is 2. The molecule has 6 nitrogen and oxygen atoms in total. The topological polar surface area (TPSA) is 84.9 Å². The number of carboxylic acid groups (broad SMARTS) is 1. The van der Waals surface area contributed by atoms with Crippen LogP contribution in [0, 0.1) is 12.8 Å². The van der Waals surface area contributed by atoms with E-state index >= 15 is 0 Å². The van der Waals surface area contributed by atoms with E-state index in [1.165, 1.54) is 0 Å². The highest BCUT2D eigenvalue weighted by Gasteiger charge is 2.25. The summed E-state index contributed by atoms with van der Waals surface area (Å²) in [4.78, 5) is 22.8. The van der Waals surface area contributed by atoms with Crippen LogP contribution in [0.2, 0.25) is 0 Å². The molecule has 1 amide bonds. The van der Waals surface area contributed by atoms with Crippen LogP contribution in [0.3, 0.4) is 0 Å². The summed E-state index contributed by atoms with van der Waals surface area (Å²) in [6, 6.07) is 3.39. The minimum Gasteiger partial charge on any atom is -0.481 e. The first-order chi connectivity index (χ1) is 9.02. The normalized spacial score (nSPS) is 14.0. The largest absolute Gasteiger partial charge is 0.481 e. The van der Waals surface area contributed by atoms with Gasteiger partial charge < -0.3 is 19.9 Å². The van der Waals surface area contributed by atoms with Crippen molar-refractivity contribution in [2.24, 2.45) is 5.92 Å². The average Bonchev–Trinajstić information content (AvgIpc) is 2.76. The van der Waals surface area contributed by atoms with Gasteiger partial charge in [-0.1, -0.05) is 6.92 Å². The second-order valence-corrected chi connectivity index (χ2v) is 4.31. The standard InChI is InChI=1S/C13H15NO5/c1-3-8(13(16)17)12(15)14-9-5-11-10(4-7(9)2)18-6-19-11/h4-5,8H,3,6H2,1-2H3,(H,14,15)(H,16,17). The summed E-state index contributed by atoms with van der Waals surface area (Å²) in [5.74, 6) is -1.54. The molecule has 0 radical (unpaired) electrons. The van der Waals surface area contributed by atoms with Crippen molar-refractivity contribution in [1.29, 1.82) is 0 Å². The zero-order chi connectivity index (χ0) is 14.0. The van der Waals surface area contributed by atoms with Gasteiger partial charge in [0.05, 0.1) is 0 Å². The van der Waals surface area contributed by atoms with Gasteiger partial charge in [-0.25, -0.2) is 0 Å². The maximum absolute atomic E-state index is 11.9. The molecule has 0 aromatic heterocycles. The number of hydrogen-bond acceptors (Lipinski definition) is 4. The molecule has 1 aliphatic rings. The monoisotopic (exact) mass is 265 g/mol. The number of carbonyl (C=O) groups is 2. The first-order valence-electron chi connectivity index (χ1n) is 5.96. The molecule has 0 saturated carbocycles. The molecule has 1 aliphatic heterocycles. The Morgan fingerprint density at radius 3 is 2.58 bits per heavy atom. The van der Waals surface area contributed by atoms with Crippen molar-refractivity contribution in [1.82, 2.24) is 0 Å². The molecule has 6 heteroatoms. The van der Waals surface area contributed by atoms with Crippen LogP contribution in [0.15, 0.2) is 12.1 Å². The van der Waals surface area contributed by atoms with Crippen molar-refractivity contribution in [2.75, 3.05) is 12.1 Å². The molecular weight excluding hydrogens is 250 g/mol. The molecule has 19 heavy (non-hydrogen) atoms. The summed E-state index contributed by atoms with van der Waals surface area (Å²) in [6.07, 6.45) is 0.241. The van der Waals surface area contributed by atoms with Gasteiger partial charge in [0, 0.05) is 11.8 Å². The minimum absolute atomic E-state index is 0.152. The Morgan fingerprint density at radius 2 is 2.00 bits per heavy atom. The summed E-state index contributed by atoms with van der Waals surface area (Å²) in [5, 5.41) is 11.6. The zero-order valence-electron chi connectivity index (χ0n) is 10.7. The van der Waals surface area contributed by atoms with Gasteiger partial charge in [-0.2, -0.15) is 0 Å². The number of amides is 1. The number of carbonyl (C=O) groups excluding carboxylic acids is 1. The minimum atomic E-state index is -1.13. The third-order valence-electron chi connectivity index (χ3n) is 3.00. The Labute approximate surface area is 110 Å². The van der Waals surface area contributed by atoms with Crippen LogP contribution >= 0.6 is 0 Å². The number of fused-ring (bicyclic) bond motifs is 1. The van der Waals surface area contributed by atoms with Gasteiger partial charge >= 0.3 is 5.97 Å². The van der Waals surface area contributed by atoms with Gasteiger partial charge in [0.1, 0.15) is 5.92 Å². The smallest absolute Gasteiger partial charge is 0.316 e. The predicted molar refractivity (Wildman–Crippen MR) is 67.3 cm³/mol. The lowest BCUT2D eigenvalue weighted by molar-refractivity contribution is -0.145. The van der Waals surface area contributed by atoms with Gasteiger partial charge in [0.2, 0.25) is 12.7 Å². The van der Waals surface area contributed by atoms with Crippen molar-refractivity contribution in [3.05, 3.63) is 17.7 Å². The molecule has 1 aromatic carbocycles. The Hall–Kier alpha value is -2.24. The highest BCUT2D eigenvalue weighted by Crippen LogP contribution is 2.36. The fourth-order valence-corrected chi connectivity index (χ4v) is 1.87. The second-order valence-electron chi connectivity index (χ2n) is 4.31. The van der Waals surface area contributed by atoms with Crippen molar-refractivity contribution in [3.8, 4) is 11.5 Å². The summed E-state index contributed by atoms with van der Waals surface area (Å²) in [5.41, 5.74) is 1.33. The van der Waals surface area contributed by atoms with E-state index in [0.717, 1.165) is 5.56 Å². The van der Waals surface area contributed by atoms with Crippen LogP contribution in [0.1, 0.15) is 18.9 Å². The number of ether oxygens (including phenoxy) is 2. The maximum Gasteiger partial charge on any atom is 0.316 e. The Balaban J connectivity index is 2.19. The van der Waals surface area contributed by atoms with Crippen molar-refractivity contribution < 1.29 is 24.2 Å². The quantitative estimate of drug-likeness (QED) is 0.810. The van der Waals surface area contributed by atoms with Crippen LogP contribution in [0.4, 0.5) is 5.69 Å². The van der Waals surface area contributed by atoms with E-state index in [0.29, 0.717) is 17.2 Å². The van der Waals surface area contributed by atoms with E-state index in [-0.39, 0.29) is 13.2 Å². The average molecular weight is 265 g/mol. The lowest BCUT2D eigenvalue weighted by Crippen LogP contribution is -2.29. The lowest BCUT2D eigenvalue weighted by Gasteiger charge is -2.13. The van der Waals surface area contributed by atoms with E-state index in [9.17, 15) is 9.59 Å². The van der Waals surface area contributed by atoms with Crippen LogP contribution in [-0.4, -0.2) is 23.8 Å². The number of rotatable bonds is 4. The number of nitrogens with one attached hydrogen (secondary N) is 1.